The maximum Gasteiger partial charge on any atom is 0.255 e. The number of aromatic nitrogens is 1. The Morgan fingerprint density at radius 2 is 2.11 bits per heavy atom. The molecular weight excluding hydrogens is 244 g/mol. The lowest BCUT2D eigenvalue weighted by molar-refractivity contribution is 0.0546. The third-order valence-corrected chi connectivity index (χ3v) is 3.09. The summed E-state index contributed by atoms with van der Waals surface area (Å²) in [4.78, 5) is 18.1. The maximum atomic E-state index is 12.2. The molecule has 0 aliphatic carbocycles. The highest BCUT2D eigenvalue weighted by atomic mass is 16.5. The Balaban J connectivity index is 1.99. The fourth-order valence-electron chi connectivity index (χ4n) is 2.07. The van der Waals surface area contributed by atoms with Gasteiger partial charge in [-0.3, -0.25) is 4.79 Å². The van der Waals surface area contributed by atoms with Crippen molar-refractivity contribution in [2.24, 2.45) is 0 Å². The van der Waals surface area contributed by atoms with Gasteiger partial charge in [0.15, 0.2) is 0 Å². The Morgan fingerprint density at radius 1 is 1.42 bits per heavy atom. The average molecular weight is 264 g/mol. The van der Waals surface area contributed by atoms with Gasteiger partial charge in [-0.05, 0) is 32.8 Å². The van der Waals surface area contributed by atoms with Crippen molar-refractivity contribution in [3.8, 4) is 5.88 Å². The van der Waals surface area contributed by atoms with E-state index in [1.165, 1.54) is 0 Å². The maximum absolute atomic E-state index is 12.2. The average Bonchev–Trinajstić information content (AvgIpc) is 2.39. The van der Waals surface area contributed by atoms with Gasteiger partial charge >= 0.3 is 0 Å². The zero-order valence-corrected chi connectivity index (χ0v) is 11.4. The number of ether oxygens (including phenoxy) is 1. The highest BCUT2D eigenvalue weighted by molar-refractivity contribution is 5.94. The molecule has 0 aromatic carbocycles. The quantitative estimate of drug-likeness (QED) is 0.898. The van der Waals surface area contributed by atoms with Gasteiger partial charge in [-0.25, -0.2) is 4.98 Å². The highest BCUT2D eigenvalue weighted by Gasteiger charge is 2.22. The van der Waals surface area contributed by atoms with Crippen LogP contribution in [0.4, 0.5) is 0 Å². The van der Waals surface area contributed by atoms with Crippen LogP contribution in [-0.4, -0.2) is 46.2 Å². The molecule has 1 aromatic rings. The number of rotatable bonds is 3. The molecule has 0 radical (unpaired) electrons. The summed E-state index contributed by atoms with van der Waals surface area (Å²) in [5, 5.41) is 9.43. The minimum Gasteiger partial charge on any atom is -0.475 e. The number of pyridine rings is 1. The number of hydrogen-bond acceptors (Lipinski definition) is 4. The summed E-state index contributed by atoms with van der Waals surface area (Å²) >= 11 is 0. The molecule has 104 valence electrons. The molecule has 1 saturated heterocycles. The van der Waals surface area contributed by atoms with Gasteiger partial charge in [-0.2, -0.15) is 0 Å². The monoisotopic (exact) mass is 264 g/mol. The molecule has 5 nitrogen and oxygen atoms in total. The minimum atomic E-state index is -0.274. The summed E-state index contributed by atoms with van der Waals surface area (Å²) < 4.78 is 5.44. The second-order valence-electron chi connectivity index (χ2n) is 5.08. The van der Waals surface area contributed by atoms with Crippen molar-refractivity contribution in [3.63, 3.8) is 0 Å². The number of carbonyl (C=O) groups excluding carboxylic acids is 1. The van der Waals surface area contributed by atoms with Gasteiger partial charge in [0.1, 0.15) is 0 Å². The van der Waals surface area contributed by atoms with Crippen LogP contribution in [-0.2, 0) is 0 Å². The van der Waals surface area contributed by atoms with E-state index in [2.05, 4.69) is 4.98 Å². The molecule has 1 aliphatic heterocycles. The van der Waals surface area contributed by atoms with Crippen molar-refractivity contribution in [1.82, 2.24) is 9.88 Å². The van der Waals surface area contributed by atoms with Gasteiger partial charge < -0.3 is 14.7 Å². The molecule has 5 heteroatoms. The van der Waals surface area contributed by atoms with Gasteiger partial charge in [0.05, 0.1) is 17.8 Å². The van der Waals surface area contributed by atoms with Gasteiger partial charge in [0, 0.05) is 25.4 Å². The number of aliphatic hydroxyl groups is 1. The van der Waals surface area contributed by atoms with Crippen molar-refractivity contribution < 1.29 is 14.6 Å². The number of aliphatic hydroxyl groups excluding tert-OH is 1. The van der Waals surface area contributed by atoms with E-state index in [1.807, 2.05) is 13.8 Å². The zero-order chi connectivity index (χ0) is 13.8. The lowest BCUT2D eigenvalue weighted by Crippen LogP contribution is -2.40. The third kappa shape index (κ3) is 3.67. The molecule has 0 unspecified atom stereocenters. The standard InChI is InChI=1S/C14H20N2O3/c1-10(2)19-13-4-3-11(9-15-13)14(18)16-7-5-12(17)6-8-16/h3-4,9-10,12,17H,5-8H2,1-2H3. The molecule has 1 aliphatic rings. The normalized spacial score (nSPS) is 16.7. The molecule has 1 N–H and O–H groups in total. The molecule has 19 heavy (non-hydrogen) atoms. The topological polar surface area (TPSA) is 62.7 Å². The van der Waals surface area contributed by atoms with E-state index in [0.29, 0.717) is 37.4 Å². The van der Waals surface area contributed by atoms with Crippen molar-refractivity contribution in [3.05, 3.63) is 23.9 Å². The first kappa shape index (κ1) is 13.8. The molecule has 1 fully saturated rings. The SMILES string of the molecule is CC(C)Oc1ccc(C(=O)N2CCC(O)CC2)cn1. The van der Waals surface area contributed by atoms with Crippen molar-refractivity contribution in [1.29, 1.82) is 0 Å². The fourth-order valence-corrected chi connectivity index (χ4v) is 2.07. The van der Waals surface area contributed by atoms with Gasteiger partial charge in [0.25, 0.3) is 5.91 Å². The number of nitrogens with zero attached hydrogens (tertiary/aromatic N) is 2. The summed E-state index contributed by atoms with van der Waals surface area (Å²) in [5.74, 6) is 0.496. The van der Waals surface area contributed by atoms with Crippen LogP contribution in [0.1, 0.15) is 37.0 Å². The van der Waals surface area contributed by atoms with Crippen LogP contribution < -0.4 is 4.74 Å². The largest absolute Gasteiger partial charge is 0.475 e. The van der Waals surface area contributed by atoms with Crippen LogP contribution in [0, 0.1) is 0 Å². The van der Waals surface area contributed by atoms with Crippen LogP contribution in [0.2, 0.25) is 0 Å². The van der Waals surface area contributed by atoms with E-state index in [0.717, 1.165) is 0 Å². The van der Waals surface area contributed by atoms with E-state index in [-0.39, 0.29) is 18.1 Å². The van der Waals surface area contributed by atoms with Crippen molar-refractivity contribution >= 4 is 5.91 Å². The first-order chi connectivity index (χ1) is 9.06. The zero-order valence-electron chi connectivity index (χ0n) is 11.4. The number of amides is 1. The first-order valence-corrected chi connectivity index (χ1v) is 6.66. The minimum absolute atomic E-state index is 0.0319. The second-order valence-corrected chi connectivity index (χ2v) is 5.08. The van der Waals surface area contributed by atoms with Crippen LogP contribution in [0.25, 0.3) is 0 Å². The summed E-state index contributed by atoms with van der Waals surface area (Å²) in [7, 11) is 0. The Kier molecular flexibility index (Phi) is 4.37. The molecule has 1 aromatic heterocycles. The molecule has 2 heterocycles. The number of carbonyl (C=O) groups is 1. The third-order valence-electron chi connectivity index (χ3n) is 3.09. The van der Waals surface area contributed by atoms with Gasteiger partial charge in [-0.15, -0.1) is 0 Å². The van der Waals surface area contributed by atoms with E-state index in [4.69, 9.17) is 4.74 Å². The summed E-state index contributed by atoms with van der Waals surface area (Å²) in [5.41, 5.74) is 0.562. The molecule has 2 rings (SSSR count). The molecule has 0 bridgehead atoms. The Bertz CT molecular complexity index is 423. The molecular formula is C14H20N2O3. The lowest BCUT2D eigenvalue weighted by Gasteiger charge is -2.29. The van der Waals surface area contributed by atoms with Crippen molar-refractivity contribution in [2.45, 2.75) is 38.9 Å². The molecule has 0 spiro atoms. The highest BCUT2D eigenvalue weighted by Crippen LogP contribution is 2.15. The first-order valence-electron chi connectivity index (χ1n) is 6.66. The van der Waals surface area contributed by atoms with E-state index in [9.17, 15) is 9.90 Å². The van der Waals surface area contributed by atoms with Crippen LogP contribution >= 0.6 is 0 Å². The van der Waals surface area contributed by atoms with Crippen LogP contribution in [0.15, 0.2) is 18.3 Å². The number of likely N-dealkylation sites (tertiary alicyclic amines) is 1. The number of hydrogen-bond donors (Lipinski definition) is 1. The van der Waals surface area contributed by atoms with Gasteiger partial charge in [-0.1, -0.05) is 0 Å². The number of piperidine rings is 1. The molecule has 0 atom stereocenters. The predicted octanol–water partition coefficient (Wildman–Crippen LogP) is 1.47. The summed E-state index contributed by atoms with van der Waals surface area (Å²) in [6.07, 6.45) is 2.63. The predicted molar refractivity (Wildman–Crippen MR) is 71.1 cm³/mol. The molecule has 0 saturated carbocycles. The van der Waals surface area contributed by atoms with Crippen LogP contribution in [0.5, 0.6) is 5.88 Å². The van der Waals surface area contributed by atoms with Crippen molar-refractivity contribution in [2.75, 3.05) is 13.1 Å². The van der Waals surface area contributed by atoms with E-state index >= 15 is 0 Å². The Morgan fingerprint density at radius 3 is 2.63 bits per heavy atom. The molecule has 1 amide bonds. The van der Waals surface area contributed by atoms with E-state index < -0.39 is 0 Å². The Hall–Kier alpha value is -1.62. The second kappa shape index (κ2) is 6.02. The smallest absolute Gasteiger partial charge is 0.255 e. The van der Waals surface area contributed by atoms with Gasteiger partial charge in [0.2, 0.25) is 5.88 Å². The lowest BCUT2D eigenvalue weighted by atomic mass is 10.1. The Labute approximate surface area is 113 Å². The van der Waals surface area contributed by atoms with E-state index in [1.54, 1.807) is 23.2 Å². The fraction of sp³-hybridized carbons (Fsp3) is 0.571. The van der Waals surface area contributed by atoms with Crippen LogP contribution in [0.3, 0.4) is 0 Å². The summed E-state index contributed by atoms with van der Waals surface area (Å²) in [6, 6.07) is 3.45. The summed E-state index contributed by atoms with van der Waals surface area (Å²) in [6.45, 7) is 5.06.